The van der Waals surface area contributed by atoms with Gasteiger partial charge in [0.2, 0.25) is 0 Å². The lowest BCUT2D eigenvalue weighted by Gasteiger charge is -2.21. The summed E-state index contributed by atoms with van der Waals surface area (Å²) in [5.41, 5.74) is 7.08. The Morgan fingerprint density at radius 3 is 1.87 bits per heavy atom. The SMILES string of the molecule is Cc1cc(C)c(Nc2ccc3c(-c4ccccc4S(=O)(=O)O)c4cc/c(=N\c5c(C)c(NC(=O)NC(C)C)c(C)c(S(=O)(=O)O)c5C)cc-4oc3c2)c(C)c1NC(=O)NC(C)C. The maximum atomic E-state index is 12.8. The Morgan fingerprint density at radius 1 is 0.645 bits per heavy atom. The van der Waals surface area contributed by atoms with Crippen molar-refractivity contribution in [2.75, 3.05) is 16.0 Å². The predicted octanol–water partition coefficient (Wildman–Crippen LogP) is 9.58. The van der Waals surface area contributed by atoms with Gasteiger partial charge in [-0.1, -0.05) is 24.3 Å². The molecule has 1 aliphatic carbocycles. The Bertz CT molecular complexity index is 3070. The number of hydrogen-bond acceptors (Lipinski definition) is 9. The highest BCUT2D eigenvalue weighted by atomic mass is 32.2. The lowest BCUT2D eigenvalue weighted by molar-refractivity contribution is 0.249. The summed E-state index contributed by atoms with van der Waals surface area (Å²) >= 11 is 0. The average Bonchev–Trinajstić information content (AvgIpc) is 3.16. The van der Waals surface area contributed by atoms with E-state index in [1.54, 1.807) is 63.2 Å². The van der Waals surface area contributed by atoms with Gasteiger partial charge in [-0.2, -0.15) is 16.8 Å². The molecule has 4 aromatic carbocycles. The number of benzene rings is 5. The van der Waals surface area contributed by atoms with Gasteiger partial charge in [0.25, 0.3) is 20.2 Å². The molecular weight excluding hydrogens is 833 g/mol. The number of urea groups is 2. The van der Waals surface area contributed by atoms with Crippen molar-refractivity contribution in [3.05, 3.63) is 105 Å². The number of amides is 4. The Kier molecular flexibility index (Phi) is 12.6. The van der Waals surface area contributed by atoms with Gasteiger partial charge in [-0.3, -0.25) is 9.11 Å². The van der Waals surface area contributed by atoms with Crippen molar-refractivity contribution in [1.29, 1.82) is 0 Å². The van der Waals surface area contributed by atoms with E-state index >= 15 is 0 Å². The van der Waals surface area contributed by atoms with Crippen LogP contribution in [0, 0.1) is 41.5 Å². The van der Waals surface area contributed by atoms with Crippen LogP contribution in [-0.4, -0.2) is 50.1 Å². The molecule has 0 bridgehead atoms. The number of aryl methyl sites for hydroxylation is 2. The lowest BCUT2D eigenvalue weighted by Crippen LogP contribution is -2.34. The minimum absolute atomic E-state index is 0.0664. The van der Waals surface area contributed by atoms with Crippen LogP contribution in [0.4, 0.5) is 38.0 Å². The summed E-state index contributed by atoms with van der Waals surface area (Å²) in [6.45, 7) is 17.7. The quantitative estimate of drug-likeness (QED) is 0.0509. The highest BCUT2D eigenvalue weighted by Crippen LogP contribution is 2.44. The highest BCUT2D eigenvalue weighted by molar-refractivity contribution is 7.86. The summed E-state index contributed by atoms with van der Waals surface area (Å²) in [7, 11) is -9.48. The standard InChI is InChI=1S/C45H50N6O9S2/c1-22(2)46-44(52)50-40-25(6)19-24(5)39(26(40)7)48-30-15-17-32-35(20-30)60-36-21-31(16-18-33(36)38(32)34-13-11-12-14-37(34)61(54,55)56)49-41-27(8)42(51-45(53)47-23(3)4)29(10)43(28(41)9)62(57,58)59/h11-23,48H,1-10H3,(H2,46,50,52)(H2,47,51,53)(H,54,55,56)(H,57,58,59)/b49-31+. The number of nitrogens with zero attached hydrogens (tertiary/aromatic N) is 1. The van der Waals surface area contributed by atoms with Gasteiger partial charge >= 0.3 is 12.1 Å². The van der Waals surface area contributed by atoms with Crippen molar-refractivity contribution in [3.63, 3.8) is 0 Å². The Balaban J connectivity index is 1.59. The van der Waals surface area contributed by atoms with Gasteiger partial charge in [0, 0.05) is 57.7 Å². The molecule has 7 N–H and O–H groups in total. The van der Waals surface area contributed by atoms with Crippen LogP contribution in [-0.2, 0) is 20.2 Å². The smallest absolute Gasteiger partial charge is 0.319 e. The molecule has 0 radical (unpaired) electrons. The first-order valence-electron chi connectivity index (χ1n) is 19.7. The van der Waals surface area contributed by atoms with Crippen LogP contribution in [0.3, 0.4) is 0 Å². The van der Waals surface area contributed by atoms with E-state index in [9.17, 15) is 35.5 Å². The molecule has 4 aromatic rings. The molecule has 326 valence electrons. The van der Waals surface area contributed by atoms with E-state index in [1.807, 2.05) is 46.8 Å². The van der Waals surface area contributed by atoms with Crippen LogP contribution in [0.15, 0.2) is 85.9 Å². The fourth-order valence-electron chi connectivity index (χ4n) is 7.81. The van der Waals surface area contributed by atoms with Crippen LogP contribution in [0.2, 0.25) is 0 Å². The molecule has 62 heavy (non-hydrogen) atoms. The topological polar surface area (TPSA) is 229 Å². The first-order chi connectivity index (χ1) is 29.0. The van der Waals surface area contributed by atoms with Crippen molar-refractivity contribution in [2.45, 2.75) is 91.1 Å². The Morgan fingerprint density at radius 2 is 1.26 bits per heavy atom. The first kappa shape index (κ1) is 45.3. The number of carbonyl (C=O) groups is 2. The molecule has 2 aliphatic rings. The van der Waals surface area contributed by atoms with Gasteiger partial charge in [0.05, 0.1) is 22.4 Å². The van der Waals surface area contributed by atoms with Crippen molar-refractivity contribution in [2.24, 2.45) is 4.99 Å². The summed E-state index contributed by atoms with van der Waals surface area (Å²) < 4.78 is 78.3. The zero-order chi connectivity index (χ0) is 45.6. The number of hydrogen-bond donors (Lipinski definition) is 7. The largest absolute Gasteiger partial charge is 0.456 e. The predicted molar refractivity (Wildman–Crippen MR) is 242 cm³/mol. The third-order valence-electron chi connectivity index (χ3n) is 10.3. The normalized spacial score (nSPS) is 12.3. The number of nitrogens with one attached hydrogen (secondary N) is 5. The minimum Gasteiger partial charge on any atom is -0.456 e. The summed E-state index contributed by atoms with van der Waals surface area (Å²) in [4.78, 5) is 29.7. The second-order valence-corrected chi connectivity index (χ2v) is 18.6. The van der Waals surface area contributed by atoms with E-state index in [-0.39, 0.29) is 56.8 Å². The van der Waals surface area contributed by atoms with Gasteiger partial charge in [-0.25, -0.2) is 14.6 Å². The summed E-state index contributed by atoms with van der Waals surface area (Å²) in [5.74, 6) is 0.258. The molecule has 1 aliphatic heterocycles. The molecule has 0 atom stereocenters. The van der Waals surface area contributed by atoms with Gasteiger partial charge < -0.3 is 31.0 Å². The van der Waals surface area contributed by atoms with Crippen LogP contribution in [0.25, 0.3) is 33.4 Å². The highest BCUT2D eigenvalue weighted by Gasteiger charge is 2.27. The second kappa shape index (κ2) is 17.2. The number of carbonyl (C=O) groups excluding carboxylic acids is 2. The monoisotopic (exact) mass is 882 g/mol. The van der Waals surface area contributed by atoms with Crippen molar-refractivity contribution in [3.8, 4) is 22.5 Å². The number of rotatable bonds is 10. The molecule has 0 spiro atoms. The fourth-order valence-corrected chi connectivity index (χ4v) is 9.48. The van der Waals surface area contributed by atoms with E-state index in [0.717, 1.165) is 22.4 Å². The maximum Gasteiger partial charge on any atom is 0.319 e. The van der Waals surface area contributed by atoms with E-state index in [4.69, 9.17) is 9.41 Å². The molecular formula is C45H50N6O9S2. The zero-order valence-corrected chi connectivity index (χ0v) is 37.7. The van der Waals surface area contributed by atoms with Gasteiger partial charge in [-0.05, 0) is 133 Å². The van der Waals surface area contributed by atoms with Crippen molar-refractivity contribution in [1.82, 2.24) is 10.6 Å². The van der Waals surface area contributed by atoms with E-state index in [0.29, 0.717) is 44.4 Å². The van der Waals surface area contributed by atoms with Crippen LogP contribution >= 0.6 is 0 Å². The van der Waals surface area contributed by atoms with E-state index < -0.39 is 31.2 Å². The Labute approximate surface area is 360 Å². The molecule has 17 heteroatoms. The summed E-state index contributed by atoms with van der Waals surface area (Å²) in [6.07, 6.45) is 0. The second-order valence-electron chi connectivity index (χ2n) is 15.9. The molecule has 1 heterocycles. The molecule has 0 saturated carbocycles. The van der Waals surface area contributed by atoms with Crippen LogP contribution in [0.5, 0.6) is 0 Å². The third kappa shape index (κ3) is 9.30. The molecule has 0 fully saturated rings. The van der Waals surface area contributed by atoms with Crippen molar-refractivity contribution < 1.29 is 39.9 Å². The van der Waals surface area contributed by atoms with Gasteiger partial charge in [0.15, 0.2) is 0 Å². The van der Waals surface area contributed by atoms with Crippen LogP contribution < -0.4 is 31.9 Å². The third-order valence-corrected chi connectivity index (χ3v) is 12.4. The summed E-state index contributed by atoms with van der Waals surface area (Å²) in [5, 5.41) is 15.5. The molecule has 0 unspecified atom stereocenters. The van der Waals surface area contributed by atoms with Crippen LogP contribution in [0.1, 0.15) is 61.1 Å². The maximum absolute atomic E-state index is 12.8. The van der Waals surface area contributed by atoms with Gasteiger partial charge in [-0.15, -0.1) is 0 Å². The zero-order valence-electron chi connectivity index (χ0n) is 36.0. The number of anilines is 4. The average molecular weight is 883 g/mol. The van der Waals surface area contributed by atoms with Gasteiger partial charge in [0.1, 0.15) is 21.1 Å². The molecule has 15 nitrogen and oxygen atoms in total. The van der Waals surface area contributed by atoms with E-state index in [2.05, 4.69) is 26.6 Å². The molecule has 0 aromatic heterocycles. The summed E-state index contributed by atoms with van der Waals surface area (Å²) in [6, 6.07) is 17.1. The van der Waals surface area contributed by atoms with E-state index in [1.165, 1.54) is 26.0 Å². The number of fused-ring (bicyclic) bond motifs is 2. The Hall–Kier alpha value is -6.27. The molecule has 6 rings (SSSR count). The lowest BCUT2D eigenvalue weighted by atomic mass is 9.93. The molecule has 0 saturated heterocycles. The molecule has 4 amide bonds. The fraction of sp³-hybridized carbons (Fsp3) is 0.267. The first-order valence-corrected chi connectivity index (χ1v) is 22.6. The minimum atomic E-state index is -4.78. The van der Waals surface area contributed by atoms with Crippen molar-refractivity contribution >= 4 is 71.7 Å².